The third-order valence-corrected chi connectivity index (χ3v) is 2.74. The Balaban J connectivity index is 2.44. The van der Waals surface area contributed by atoms with Crippen LogP contribution in [0.2, 0.25) is 0 Å². The lowest BCUT2D eigenvalue weighted by atomic mass is 10.0. The SMILES string of the molecule is CCOC(=O)CCCC(N)c1ccc(OC(F)(F)F)cc1. The van der Waals surface area contributed by atoms with Crippen molar-refractivity contribution >= 4 is 5.97 Å². The number of hydrogen-bond acceptors (Lipinski definition) is 4. The van der Waals surface area contributed by atoms with Crippen LogP contribution < -0.4 is 10.5 Å². The van der Waals surface area contributed by atoms with Crippen LogP contribution in [0.3, 0.4) is 0 Å². The molecular weight excluding hydrogens is 287 g/mol. The van der Waals surface area contributed by atoms with Gasteiger partial charge in [0.15, 0.2) is 0 Å². The second-order valence-electron chi connectivity index (χ2n) is 4.42. The molecule has 0 bridgehead atoms. The summed E-state index contributed by atoms with van der Waals surface area (Å²) in [5, 5.41) is 0. The molecule has 0 spiro atoms. The van der Waals surface area contributed by atoms with E-state index in [4.69, 9.17) is 10.5 Å². The standard InChI is InChI=1S/C14H18F3NO3/c1-2-20-13(19)5-3-4-12(18)10-6-8-11(9-7-10)21-14(15,16)17/h6-9,12H,2-5,18H2,1H3. The van der Waals surface area contributed by atoms with Crippen molar-refractivity contribution in [1.82, 2.24) is 0 Å². The van der Waals surface area contributed by atoms with Crippen LogP contribution in [-0.2, 0) is 9.53 Å². The fourth-order valence-corrected chi connectivity index (χ4v) is 1.78. The number of hydrogen-bond donors (Lipinski definition) is 1. The van der Waals surface area contributed by atoms with Crippen LogP contribution >= 0.6 is 0 Å². The minimum atomic E-state index is -4.71. The maximum atomic E-state index is 12.0. The van der Waals surface area contributed by atoms with Crippen molar-refractivity contribution in [1.29, 1.82) is 0 Å². The van der Waals surface area contributed by atoms with E-state index in [9.17, 15) is 18.0 Å². The highest BCUT2D eigenvalue weighted by molar-refractivity contribution is 5.69. The largest absolute Gasteiger partial charge is 0.573 e. The summed E-state index contributed by atoms with van der Waals surface area (Å²) in [6.07, 6.45) is -3.33. The molecule has 21 heavy (non-hydrogen) atoms. The van der Waals surface area contributed by atoms with E-state index in [0.29, 0.717) is 25.0 Å². The summed E-state index contributed by atoms with van der Waals surface area (Å²) in [5.74, 6) is -0.566. The van der Waals surface area contributed by atoms with E-state index >= 15 is 0 Å². The molecule has 0 saturated carbocycles. The van der Waals surface area contributed by atoms with Gasteiger partial charge in [-0.05, 0) is 37.5 Å². The molecule has 118 valence electrons. The second kappa shape index (κ2) is 7.87. The third-order valence-electron chi connectivity index (χ3n) is 2.74. The summed E-state index contributed by atoms with van der Waals surface area (Å²) >= 11 is 0. The summed E-state index contributed by atoms with van der Waals surface area (Å²) in [7, 11) is 0. The Bertz CT molecular complexity index is 446. The molecule has 0 amide bonds. The van der Waals surface area contributed by atoms with Crippen molar-refractivity contribution in [2.75, 3.05) is 6.61 Å². The number of alkyl halides is 3. The highest BCUT2D eigenvalue weighted by atomic mass is 19.4. The van der Waals surface area contributed by atoms with E-state index in [1.54, 1.807) is 6.92 Å². The van der Waals surface area contributed by atoms with Crippen LogP contribution in [-0.4, -0.2) is 18.9 Å². The van der Waals surface area contributed by atoms with Crippen LogP contribution in [0.25, 0.3) is 0 Å². The lowest BCUT2D eigenvalue weighted by molar-refractivity contribution is -0.274. The lowest BCUT2D eigenvalue weighted by Gasteiger charge is -2.13. The van der Waals surface area contributed by atoms with Crippen molar-refractivity contribution < 1.29 is 27.4 Å². The van der Waals surface area contributed by atoms with E-state index < -0.39 is 6.36 Å². The minimum Gasteiger partial charge on any atom is -0.466 e. The van der Waals surface area contributed by atoms with E-state index in [2.05, 4.69) is 4.74 Å². The molecule has 0 aliphatic heterocycles. The third kappa shape index (κ3) is 6.99. The zero-order valence-corrected chi connectivity index (χ0v) is 11.7. The van der Waals surface area contributed by atoms with Gasteiger partial charge in [0.2, 0.25) is 0 Å². The van der Waals surface area contributed by atoms with Gasteiger partial charge in [-0.25, -0.2) is 0 Å². The minimum absolute atomic E-state index is 0.275. The maximum Gasteiger partial charge on any atom is 0.573 e. The van der Waals surface area contributed by atoms with Gasteiger partial charge < -0.3 is 15.2 Å². The molecule has 1 unspecified atom stereocenters. The Morgan fingerprint density at radius 3 is 2.43 bits per heavy atom. The van der Waals surface area contributed by atoms with Crippen LogP contribution in [0.5, 0.6) is 5.75 Å². The second-order valence-corrected chi connectivity index (χ2v) is 4.42. The molecular formula is C14H18F3NO3. The van der Waals surface area contributed by atoms with Gasteiger partial charge in [-0.1, -0.05) is 12.1 Å². The first-order valence-corrected chi connectivity index (χ1v) is 6.58. The number of rotatable bonds is 7. The van der Waals surface area contributed by atoms with E-state index in [1.165, 1.54) is 24.3 Å². The first-order valence-electron chi connectivity index (χ1n) is 6.58. The van der Waals surface area contributed by atoms with Gasteiger partial charge >= 0.3 is 12.3 Å². The Morgan fingerprint density at radius 1 is 1.29 bits per heavy atom. The Labute approximate surface area is 121 Å². The molecule has 1 atom stereocenters. The van der Waals surface area contributed by atoms with Crippen molar-refractivity contribution in [2.45, 2.75) is 38.6 Å². The highest BCUT2D eigenvalue weighted by Crippen LogP contribution is 2.25. The average Bonchev–Trinajstić information content (AvgIpc) is 2.38. The van der Waals surface area contributed by atoms with Gasteiger partial charge in [0.25, 0.3) is 0 Å². The smallest absolute Gasteiger partial charge is 0.466 e. The van der Waals surface area contributed by atoms with Crippen LogP contribution in [0.1, 0.15) is 37.8 Å². The number of halogens is 3. The van der Waals surface area contributed by atoms with Gasteiger partial charge in [-0.3, -0.25) is 4.79 Å². The van der Waals surface area contributed by atoms with Crippen LogP contribution in [0.4, 0.5) is 13.2 Å². The van der Waals surface area contributed by atoms with Gasteiger partial charge in [-0.15, -0.1) is 13.2 Å². The molecule has 0 fully saturated rings. The number of carbonyl (C=O) groups is 1. The number of benzene rings is 1. The van der Waals surface area contributed by atoms with Crippen LogP contribution in [0.15, 0.2) is 24.3 Å². The summed E-state index contributed by atoms with van der Waals surface area (Å²) in [6, 6.07) is 5.05. The molecule has 0 aromatic heterocycles. The van der Waals surface area contributed by atoms with Gasteiger partial charge in [0.05, 0.1) is 6.61 Å². The molecule has 0 heterocycles. The first-order chi connectivity index (χ1) is 9.81. The molecule has 0 radical (unpaired) electrons. The van der Waals surface area contributed by atoms with Crippen molar-refractivity contribution in [3.05, 3.63) is 29.8 Å². The average molecular weight is 305 g/mol. The fourth-order valence-electron chi connectivity index (χ4n) is 1.78. The Kier molecular flexibility index (Phi) is 6.48. The van der Waals surface area contributed by atoms with Gasteiger partial charge in [0.1, 0.15) is 5.75 Å². The van der Waals surface area contributed by atoms with Crippen LogP contribution in [0, 0.1) is 0 Å². The fraction of sp³-hybridized carbons (Fsp3) is 0.500. The predicted octanol–water partition coefficient (Wildman–Crippen LogP) is 3.32. The van der Waals surface area contributed by atoms with Crippen molar-refractivity contribution in [3.63, 3.8) is 0 Å². The van der Waals surface area contributed by atoms with Gasteiger partial charge in [0, 0.05) is 12.5 Å². The first kappa shape index (κ1) is 17.3. The maximum absolute atomic E-state index is 12.0. The normalized spacial score (nSPS) is 12.8. The number of ether oxygens (including phenoxy) is 2. The number of esters is 1. The Hall–Kier alpha value is -1.76. The summed E-state index contributed by atoms with van der Waals surface area (Å²) < 4.78 is 44.6. The monoisotopic (exact) mass is 305 g/mol. The van der Waals surface area contributed by atoms with Gasteiger partial charge in [-0.2, -0.15) is 0 Å². The zero-order valence-electron chi connectivity index (χ0n) is 11.7. The molecule has 2 N–H and O–H groups in total. The molecule has 1 aromatic carbocycles. The molecule has 1 rings (SSSR count). The van der Waals surface area contributed by atoms with Crippen molar-refractivity contribution in [3.8, 4) is 5.75 Å². The number of carbonyl (C=O) groups excluding carboxylic acids is 1. The van der Waals surface area contributed by atoms with E-state index in [1.807, 2.05) is 0 Å². The summed E-state index contributed by atoms with van der Waals surface area (Å²) in [6.45, 7) is 2.07. The summed E-state index contributed by atoms with van der Waals surface area (Å²) in [4.78, 5) is 11.2. The van der Waals surface area contributed by atoms with Crippen molar-refractivity contribution in [2.24, 2.45) is 5.73 Å². The molecule has 1 aromatic rings. The predicted molar refractivity (Wildman–Crippen MR) is 70.5 cm³/mol. The quantitative estimate of drug-likeness (QED) is 0.785. The molecule has 0 saturated heterocycles. The van der Waals surface area contributed by atoms with E-state index in [-0.39, 0.29) is 24.2 Å². The molecule has 4 nitrogen and oxygen atoms in total. The molecule has 0 aliphatic carbocycles. The topological polar surface area (TPSA) is 61.5 Å². The Morgan fingerprint density at radius 2 is 1.90 bits per heavy atom. The van der Waals surface area contributed by atoms with E-state index in [0.717, 1.165) is 0 Å². The highest BCUT2D eigenvalue weighted by Gasteiger charge is 2.31. The summed E-state index contributed by atoms with van der Waals surface area (Å²) in [5.41, 5.74) is 6.61. The number of nitrogens with two attached hydrogens (primary N) is 1. The molecule has 0 aliphatic rings. The zero-order chi connectivity index (χ0) is 15.9. The molecule has 7 heteroatoms. The lowest BCUT2D eigenvalue weighted by Crippen LogP contribution is -2.17.